The van der Waals surface area contributed by atoms with E-state index in [4.69, 9.17) is 19.8 Å². The molecule has 2 aliphatic heterocycles. The molecule has 0 amide bonds. The first-order valence-corrected chi connectivity index (χ1v) is 14.7. The number of aromatic nitrogens is 8. The molecule has 1 atom stereocenters. The summed E-state index contributed by atoms with van der Waals surface area (Å²) in [5.74, 6) is 2.54. The molecule has 218 valence electrons. The minimum Gasteiger partial charge on any atom is -0.477 e. The fraction of sp³-hybridized carbons (Fsp3) is 0.433. The van der Waals surface area contributed by atoms with Crippen LogP contribution in [-0.2, 0) is 20.1 Å². The number of hydrogen-bond donors (Lipinski definition) is 1. The van der Waals surface area contributed by atoms with Crippen molar-refractivity contribution >= 4 is 22.5 Å². The maximum Gasteiger partial charge on any atom is 0.222 e. The number of likely N-dealkylation sites (N-methyl/N-ethyl adjacent to an activating group) is 1. The molecule has 1 fully saturated rings. The first-order chi connectivity index (χ1) is 20.5. The van der Waals surface area contributed by atoms with Gasteiger partial charge >= 0.3 is 0 Å². The number of aryl methyl sites for hydroxylation is 2. The number of nitrogens with zero attached hydrogens (tertiary/aromatic N) is 10. The van der Waals surface area contributed by atoms with E-state index in [1.165, 1.54) is 5.56 Å². The van der Waals surface area contributed by atoms with E-state index in [1.807, 2.05) is 19.3 Å². The molecule has 5 aromatic heterocycles. The molecule has 7 heterocycles. The number of ether oxygens (including phenoxy) is 1. The van der Waals surface area contributed by atoms with Crippen LogP contribution in [0.5, 0.6) is 5.88 Å². The lowest BCUT2D eigenvalue weighted by Crippen LogP contribution is -2.43. The lowest BCUT2D eigenvalue weighted by molar-refractivity contribution is 0.148. The Morgan fingerprint density at radius 2 is 1.90 bits per heavy atom. The summed E-state index contributed by atoms with van der Waals surface area (Å²) >= 11 is 0. The van der Waals surface area contributed by atoms with Gasteiger partial charge in [-0.1, -0.05) is 0 Å². The average molecular weight is 568 g/mol. The molecular weight excluding hydrogens is 530 g/mol. The summed E-state index contributed by atoms with van der Waals surface area (Å²) < 4.78 is 12.4. The monoisotopic (exact) mass is 567 g/mol. The second-order valence-corrected chi connectivity index (χ2v) is 11.3. The van der Waals surface area contributed by atoms with Crippen molar-refractivity contribution in [3.05, 3.63) is 48.5 Å². The van der Waals surface area contributed by atoms with E-state index in [9.17, 15) is 0 Å². The van der Waals surface area contributed by atoms with E-state index in [2.05, 4.69) is 73.7 Å². The Morgan fingerprint density at radius 3 is 2.74 bits per heavy atom. The Morgan fingerprint density at radius 1 is 1.05 bits per heavy atom. The summed E-state index contributed by atoms with van der Waals surface area (Å²) in [6.45, 7) is 11.1. The number of nitrogens with one attached hydrogen (secondary N) is 1. The number of rotatable bonds is 4. The summed E-state index contributed by atoms with van der Waals surface area (Å²) in [5, 5.41) is 14.0. The number of pyridine rings is 1. The predicted octanol–water partition coefficient (Wildman–Crippen LogP) is 3.94. The molecule has 7 rings (SSSR count). The van der Waals surface area contributed by atoms with Gasteiger partial charge in [0.2, 0.25) is 5.88 Å². The van der Waals surface area contributed by atoms with Crippen LogP contribution in [0.15, 0.2) is 43.0 Å². The molecule has 42 heavy (non-hydrogen) atoms. The zero-order valence-electron chi connectivity index (χ0n) is 24.7. The Kier molecular flexibility index (Phi) is 6.87. The van der Waals surface area contributed by atoms with Crippen LogP contribution in [0, 0.1) is 0 Å². The van der Waals surface area contributed by atoms with Crippen molar-refractivity contribution in [2.75, 3.05) is 45.2 Å². The smallest absolute Gasteiger partial charge is 0.222 e. The van der Waals surface area contributed by atoms with E-state index in [-0.39, 0.29) is 6.04 Å². The molecule has 1 saturated heterocycles. The average Bonchev–Trinajstić information content (AvgIpc) is 3.68. The molecular formula is C30H37N11O. The second-order valence-electron chi connectivity index (χ2n) is 11.3. The van der Waals surface area contributed by atoms with Crippen molar-refractivity contribution < 1.29 is 4.74 Å². The Labute approximate surface area is 244 Å². The van der Waals surface area contributed by atoms with Gasteiger partial charge in [-0.15, -0.1) is 0 Å². The molecule has 2 aliphatic rings. The van der Waals surface area contributed by atoms with Gasteiger partial charge in [0.15, 0.2) is 5.82 Å². The molecule has 1 N–H and O–H groups in total. The Hall–Kier alpha value is -4.29. The molecule has 5 aromatic rings. The van der Waals surface area contributed by atoms with Gasteiger partial charge < -0.3 is 19.5 Å². The Bertz CT molecular complexity index is 1730. The van der Waals surface area contributed by atoms with Crippen molar-refractivity contribution in [3.8, 4) is 28.7 Å². The van der Waals surface area contributed by atoms with Crippen molar-refractivity contribution in [2.45, 2.75) is 39.4 Å². The Balaban J connectivity index is 1.28. The van der Waals surface area contributed by atoms with Crippen LogP contribution in [0.3, 0.4) is 0 Å². The van der Waals surface area contributed by atoms with Crippen molar-refractivity contribution in [1.82, 2.24) is 48.9 Å². The third-order valence-corrected chi connectivity index (χ3v) is 8.36. The maximum absolute atomic E-state index is 6.27. The highest BCUT2D eigenvalue weighted by atomic mass is 16.5. The summed E-state index contributed by atoms with van der Waals surface area (Å²) in [5.41, 5.74) is 5.16. The summed E-state index contributed by atoms with van der Waals surface area (Å²) in [6, 6.07) is 6.29. The molecule has 12 heteroatoms. The van der Waals surface area contributed by atoms with Gasteiger partial charge in [0, 0.05) is 82.8 Å². The van der Waals surface area contributed by atoms with E-state index >= 15 is 0 Å². The van der Waals surface area contributed by atoms with Gasteiger partial charge in [0.1, 0.15) is 22.9 Å². The largest absolute Gasteiger partial charge is 0.477 e. The van der Waals surface area contributed by atoms with Gasteiger partial charge in [-0.2, -0.15) is 10.2 Å². The SMILES string of the molecule is CCn1cc(CN2CCN(C)CC2)cc1-c1nn2c3cc(ncc13)Nc1ccnc(n1)-c1cnn(C)c1OCCC2C. The van der Waals surface area contributed by atoms with Crippen LogP contribution in [-0.4, -0.2) is 88.7 Å². The van der Waals surface area contributed by atoms with Gasteiger partial charge in [-0.05, 0) is 38.6 Å². The predicted molar refractivity (Wildman–Crippen MR) is 162 cm³/mol. The van der Waals surface area contributed by atoms with E-state index in [1.54, 1.807) is 17.1 Å². The maximum atomic E-state index is 6.27. The minimum atomic E-state index is 0.0834. The third-order valence-electron chi connectivity index (χ3n) is 8.36. The van der Waals surface area contributed by atoms with Gasteiger partial charge in [0.25, 0.3) is 0 Å². The van der Waals surface area contributed by atoms with Gasteiger partial charge in [-0.25, -0.2) is 19.6 Å². The van der Waals surface area contributed by atoms with Crippen LogP contribution in [0.2, 0.25) is 0 Å². The molecule has 0 radical (unpaired) electrons. The van der Waals surface area contributed by atoms with Gasteiger partial charge in [-0.3, -0.25) is 9.58 Å². The zero-order valence-corrected chi connectivity index (χ0v) is 24.7. The van der Waals surface area contributed by atoms with E-state index < -0.39 is 0 Å². The number of fused-ring (bicyclic) bond motifs is 5. The highest BCUT2D eigenvalue weighted by Gasteiger charge is 2.23. The van der Waals surface area contributed by atoms with Crippen molar-refractivity contribution in [1.29, 1.82) is 0 Å². The lowest BCUT2D eigenvalue weighted by atomic mass is 10.1. The third kappa shape index (κ3) is 4.90. The zero-order chi connectivity index (χ0) is 28.8. The lowest BCUT2D eigenvalue weighted by Gasteiger charge is -2.32. The van der Waals surface area contributed by atoms with E-state index in [0.29, 0.717) is 29.9 Å². The standard InChI is InChI=1S/C30H37N11O/c1-5-40-19-21(18-39-11-9-37(3)10-12-39)14-25(40)28-22-16-32-27-15-24(22)41(36-28)20(2)7-13-42-30-23(17-33-38(30)4)29-31-8-6-26(34-27)35-29/h6,8,14-17,19-20H,5,7,9-13,18H2,1-4H3,(H,31,32,34,35). The topological polar surface area (TPSA) is 107 Å². The van der Waals surface area contributed by atoms with Crippen LogP contribution < -0.4 is 10.1 Å². The van der Waals surface area contributed by atoms with Crippen LogP contribution in [0.4, 0.5) is 11.6 Å². The van der Waals surface area contributed by atoms with Crippen LogP contribution in [0.25, 0.3) is 33.7 Å². The second kappa shape index (κ2) is 10.8. The number of piperazine rings is 1. The van der Waals surface area contributed by atoms with Crippen molar-refractivity contribution in [3.63, 3.8) is 0 Å². The molecule has 1 unspecified atom stereocenters. The fourth-order valence-electron chi connectivity index (χ4n) is 5.90. The first-order valence-electron chi connectivity index (χ1n) is 14.7. The van der Waals surface area contributed by atoms with Gasteiger partial charge in [0.05, 0.1) is 30.1 Å². The molecule has 0 aliphatic carbocycles. The number of anilines is 2. The first kappa shape index (κ1) is 26.6. The van der Waals surface area contributed by atoms with Crippen molar-refractivity contribution in [2.24, 2.45) is 7.05 Å². The number of hydrogen-bond acceptors (Lipinski definition) is 9. The molecule has 4 bridgehead atoms. The summed E-state index contributed by atoms with van der Waals surface area (Å²) in [7, 11) is 4.06. The highest BCUT2D eigenvalue weighted by Crippen LogP contribution is 2.34. The molecule has 0 spiro atoms. The van der Waals surface area contributed by atoms with E-state index in [0.717, 1.165) is 73.5 Å². The quantitative estimate of drug-likeness (QED) is 0.346. The fourth-order valence-corrected chi connectivity index (χ4v) is 5.90. The molecule has 0 aromatic carbocycles. The summed E-state index contributed by atoms with van der Waals surface area (Å²) in [6.07, 6.45) is 8.45. The van der Waals surface area contributed by atoms with Crippen LogP contribution in [0.1, 0.15) is 31.9 Å². The highest BCUT2D eigenvalue weighted by molar-refractivity contribution is 5.93. The minimum absolute atomic E-state index is 0.0834. The molecule has 0 saturated carbocycles. The summed E-state index contributed by atoms with van der Waals surface area (Å²) in [4.78, 5) is 18.9. The molecule has 12 nitrogen and oxygen atoms in total. The normalized spacial score (nSPS) is 18.0. The van der Waals surface area contributed by atoms with Crippen LogP contribution >= 0.6 is 0 Å².